The number of anilines is 1. The van der Waals surface area contributed by atoms with Crippen LogP contribution < -0.4 is 5.32 Å². The molecule has 0 spiro atoms. The number of carbonyl (C=O) groups excluding carboxylic acids is 2. The Morgan fingerprint density at radius 3 is 2.87 bits per heavy atom. The second kappa shape index (κ2) is 7.14. The lowest BCUT2D eigenvalue weighted by Crippen LogP contribution is -2.47. The van der Waals surface area contributed by atoms with Crippen molar-refractivity contribution < 1.29 is 19.1 Å². The number of hydrogen-bond acceptors (Lipinski definition) is 5. The van der Waals surface area contributed by atoms with E-state index < -0.39 is 0 Å². The third kappa shape index (κ3) is 4.11. The van der Waals surface area contributed by atoms with Crippen molar-refractivity contribution in [2.24, 2.45) is 5.92 Å². The van der Waals surface area contributed by atoms with Gasteiger partial charge in [-0.2, -0.15) is 0 Å². The summed E-state index contributed by atoms with van der Waals surface area (Å²) < 4.78 is 10.3. The molecule has 1 N–H and O–H groups in total. The van der Waals surface area contributed by atoms with Crippen molar-refractivity contribution >= 4 is 29.4 Å². The number of pyridine rings is 1. The Balaban J connectivity index is 1.53. The number of carbonyl (C=O) groups is 2. The van der Waals surface area contributed by atoms with Crippen LogP contribution in [0, 0.1) is 5.92 Å². The first-order valence-corrected chi connectivity index (χ1v) is 7.95. The van der Waals surface area contributed by atoms with Gasteiger partial charge in [0.15, 0.2) is 6.10 Å². The lowest BCUT2D eigenvalue weighted by atomic mass is 9.97. The molecule has 0 saturated carbocycles. The van der Waals surface area contributed by atoms with Crippen molar-refractivity contribution in [3.63, 3.8) is 0 Å². The number of rotatable bonds is 3. The van der Waals surface area contributed by atoms with E-state index in [0.717, 1.165) is 12.8 Å². The van der Waals surface area contributed by atoms with Gasteiger partial charge in [-0.3, -0.25) is 4.79 Å². The summed E-state index contributed by atoms with van der Waals surface area (Å²) in [6.07, 6.45) is 2.44. The summed E-state index contributed by atoms with van der Waals surface area (Å²) in [4.78, 5) is 30.0. The molecule has 2 saturated heterocycles. The Hall–Kier alpha value is -1.86. The number of nitrogens with zero attached hydrogens (tertiary/aromatic N) is 2. The van der Waals surface area contributed by atoms with E-state index in [1.165, 1.54) is 6.20 Å². The average Bonchev–Trinajstić information content (AvgIpc) is 2.53. The quantitative estimate of drug-likeness (QED) is 0.910. The van der Waals surface area contributed by atoms with Gasteiger partial charge in [0, 0.05) is 19.3 Å². The molecule has 2 aliphatic heterocycles. The third-order valence-corrected chi connectivity index (χ3v) is 4.13. The Kier molecular flexibility index (Phi) is 4.97. The summed E-state index contributed by atoms with van der Waals surface area (Å²) in [5.41, 5.74) is 0. The fourth-order valence-corrected chi connectivity index (χ4v) is 2.65. The van der Waals surface area contributed by atoms with E-state index in [2.05, 4.69) is 10.3 Å². The fraction of sp³-hybridized carbons (Fsp3) is 0.533. The van der Waals surface area contributed by atoms with Gasteiger partial charge in [0.2, 0.25) is 5.91 Å². The summed E-state index contributed by atoms with van der Waals surface area (Å²) in [6.45, 7) is 1.86. The molecule has 7 nitrogen and oxygen atoms in total. The first-order chi connectivity index (χ1) is 11.1. The molecule has 1 unspecified atom stereocenters. The lowest BCUT2D eigenvalue weighted by Gasteiger charge is -2.34. The SMILES string of the molecule is O=C(Nc1ccc(Cl)cn1)C1CCCN(C(=O)OC2COC2)C1. The van der Waals surface area contributed by atoms with Crippen LogP contribution in [0.5, 0.6) is 0 Å². The number of ether oxygens (including phenoxy) is 2. The smallest absolute Gasteiger partial charge is 0.410 e. The van der Waals surface area contributed by atoms with E-state index in [-0.39, 0.29) is 24.0 Å². The number of halogens is 1. The highest BCUT2D eigenvalue weighted by molar-refractivity contribution is 6.30. The van der Waals surface area contributed by atoms with E-state index in [0.29, 0.717) is 37.1 Å². The van der Waals surface area contributed by atoms with E-state index in [4.69, 9.17) is 21.1 Å². The average molecular weight is 340 g/mol. The highest BCUT2D eigenvalue weighted by atomic mass is 35.5. The van der Waals surface area contributed by atoms with Gasteiger partial charge >= 0.3 is 6.09 Å². The standard InChI is InChI=1S/C15H18ClN3O4/c16-11-3-4-13(17-6-11)18-14(20)10-2-1-5-19(7-10)15(21)23-12-8-22-9-12/h3-4,6,10,12H,1-2,5,7-9H2,(H,17,18,20). The molecule has 0 aromatic carbocycles. The molecule has 2 aliphatic rings. The molecule has 0 radical (unpaired) electrons. The molecule has 1 atom stereocenters. The Labute approximate surface area is 138 Å². The molecule has 23 heavy (non-hydrogen) atoms. The second-order valence-corrected chi connectivity index (χ2v) is 6.12. The number of hydrogen-bond donors (Lipinski definition) is 1. The third-order valence-electron chi connectivity index (χ3n) is 3.90. The Morgan fingerprint density at radius 2 is 2.22 bits per heavy atom. The van der Waals surface area contributed by atoms with Crippen LogP contribution in [0.4, 0.5) is 10.6 Å². The fourth-order valence-electron chi connectivity index (χ4n) is 2.53. The van der Waals surface area contributed by atoms with Gasteiger partial charge in [-0.15, -0.1) is 0 Å². The number of nitrogens with one attached hydrogen (secondary N) is 1. The minimum Gasteiger partial charge on any atom is -0.441 e. The van der Waals surface area contributed by atoms with Crippen LogP contribution in [0.3, 0.4) is 0 Å². The zero-order valence-electron chi connectivity index (χ0n) is 12.5. The zero-order chi connectivity index (χ0) is 16.2. The van der Waals surface area contributed by atoms with E-state index in [1.54, 1.807) is 17.0 Å². The summed E-state index contributed by atoms with van der Waals surface area (Å²) in [5.74, 6) is 0.0291. The van der Waals surface area contributed by atoms with Gasteiger partial charge in [0.1, 0.15) is 5.82 Å². The molecule has 1 aromatic rings. The van der Waals surface area contributed by atoms with Gasteiger partial charge in [-0.25, -0.2) is 9.78 Å². The maximum atomic E-state index is 12.3. The summed E-state index contributed by atoms with van der Waals surface area (Å²) in [6, 6.07) is 3.31. The minimum atomic E-state index is -0.375. The second-order valence-electron chi connectivity index (χ2n) is 5.68. The molecule has 2 fully saturated rings. The Bertz CT molecular complexity index is 577. The number of amides is 2. The van der Waals surface area contributed by atoms with Crippen LogP contribution in [-0.2, 0) is 14.3 Å². The van der Waals surface area contributed by atoms with Crippen LogP contribution in [0.25, 0.3) is 0 Å². The van der Waals surface area contributed by atoms with Crippen molar-refractivity contribution in [2.45, 2.75) is 18.9 Å². The molecular formula is C15H18ClN3O4. The number of piperidine rings is 1. The zero-order valence-corrected chi connectivity index (χ0v) is 13.3. The first kappa shape index (κ1) is 16.0. The first-order valence-electron chi connectivity index (χ1n) is 7.57. The maximum Gasteiger partial charge on any atom is 0.410 e. The predicted molar refractivity (Wildman–Crippen MR) is 83.3 cm³/mol. The van der Waals surface area contributed by atoms with Crippen molar-refractivity contribution in [3.8, 4) is 0 Å². The van der Waals surface area contributed by atoms with E-state index >= 15 is 0 Å². The maximum absolute atomic E-state index is 12.3. The molecule has 2 amide bonds. The van der Waals surface area contributed by atoms with Gasteiger partial charge in [-0.05, 0) is 25.0 Å². The Morgan fingerprint density at radius 1 is 1.39 bits per heavy atom. The molecule has 3 heterocycles. The monoisotopic (exact) mass is 339 g/mol. The number of aromatic nitrogens is 1. The van der Waals surface area contributed by atoms with E-state index in [9.17, 15) is 9.59 Å². The van der Waals surface area contributed by atoms with Crippen LogP contribution in [-0.4, -0.2) is 54.3 Å². The number of likely N-dealkylation sites (tertiary alicyclic amines) is 1. The van der Waals surface area contributed by atoms with Crippen molar-refractivity contribution in [1.82, 2.24) is 9.88 Å². The summed E-state index contributed by atoms with van der Waals surface area (Å²) >= 11 is 5.77. The van der Waals surface area contributed by atoms with E-state index in [1.807, 2.05) is 0 Å². The molecule has 8 heteroatoms. The van der Waals surface area contributed by atoms with Crippen molar-refractivity contribution in [3.05, 3.63) is 23.4 Å². The molecular weight excluding hydrogens is 322 g/mol. The predicted octanol–water partition coefficient (Wildman–Crippen LogP) is 1.92. The van der Waals surface area contributed by atoms with Gasteiger partial charge in [-0.1, -0.05) is 11.6 Å². The highest BCUT2D eigenvalue weighted by Crippen LogP contribution is 2.20. The molecule has 124 valence electrons. The molecule has 1 aromatic heterocycles. The van der Waals surface area contributed by atoms with Crippen LogP contribution >= 0.6 is 11.6 Å². The van der Waals surface area contributed by atoms with Gasteiger partial charge < -0.3 is 19.7 Å². The van der Waals surface area contributed by atoms with Crippen LogP contribution in [0.1, 0.15) is 12.8 Å². The molecule has 0 bridgehead atoms. The van der Waals surface area contributed by atoms with Crippen LogP contribution in [0.2, 0.25) is 5.02 Å². The molecule has 0 aliphatic carbocycles. The summed E-state index contributed by atoms with van der Waals surface area (Å²) in [7, 11) is 0. The van der Waals surface area contributed by atoms with Crippen molar-refractivity contribution in [1.29, 1.82) is 0 Å². The van der Waals surface area contributed by atoms with Crippen molar-refractivity contribution in [2.75, 3.05) is 31.6 Å². The van der Waals surface area contributed by atoms with Crippen LogP contribution in [0.15, 0.2) is 18.3 Å². The highest BCUT2D eigenvalue weighted by Gasteiger charge is 2.32. The topological polar surface area (TPSA) is 80.8 Å². The minimum absolute atomic E-state index is 0.149. The molecule has 3 rings (SSSR count). The van der Waals surface area contributed by atoms with Gasteiger partial charge in [0.05, 0.1) is 24.2 Å². The normalized spacial score (nSPS) is 21.4. The summed E-state index contributed by atoms with van der Waals surface area (Å²) in [5, 5.41) is 3.26. The lowest BCUT2D eigenvalue weighted by molar-refractivity contribution is -0.122. The largest absolute Gasteiger partial charge is 0.441 e. The van der Waals surface area contributed by atoms with Gasteiger partial charge in [0.25, 0.3) is 0 Å².